The lowest BCUT2D eigenvalue weighted by Gasteiger charge is -2.23. The number of aromatic nitrogens is 3. The summed E-state index contributed by atoms with van der Waals surface area (Å²) in [4.78, 5) is 19.5. The Morgan fingerprint density at radius 3 is 2.92 bits per heavy atom. The van der Waals surface area contributed by atoms with Gasteiger partial charge in [0.1, 0.15) is 0 Å². The summed E-state index contributed by atoms with van der Waals surface area (Å²) < 4.78 is 5.43. The number of carbonyl (C=O) groups excluding carboxylic acids is 1. The maximum atomic E-state index is 13.0. The van der Waals surface area contributed by atoms with Gasteiger partial charge in [0.15, 0.2) is 0 Å². The fraction of sp³-hybridized carbons (Fsp3) is 0.588. The minimum Gasteiger partial charge on any atom is -0.381 e. The molecule has 1 amide bonds. The molecule has 7 heteroatoms. The van der Waals surface area contributed by atoms with Crippen LogP contribution in [0.15, 0.2) is 11.6 Å². The number of hydrogen-bond donors (Lipinski definition) is 1. The summed E-state index contributed by atoms with van der Waals surface area (Å²) in [6, 6.07) is 0. The van der Waals surface area contributed by atoms with E-state index >= 15 is 0 Å². The first-order chi connectivity index (χ1) is 11.7. The number of ether oxygens (including phenoxy) is 1. The molecule has 0 aromatic carbocycles. The van der Waals surface area contributed by atoms with Crippen LogP contribution in [0.3, 0.4) is 0 Å². The number of amides is 1. The maximum absolute atomic E-state index is 13.0. The Hall–Kier alpha value is -1.73. The van der Waals surface area contributed by atoms with Gasteiger partial charge in [-0.25, -0.2) is 4.98 Å². The normalized spacial score (nSPS) is 22.2. The third-order valence-corrected chi connectivity index (χ3v) is 6.12. The van der Waals surface area contributed by atoms with E-state index in [1.165, 1.54) is 0 Å². The molecule has 2 saturated heterocycles. The van der Waals surface area contributed by atoms with Crippen molar-refractivity contribution in [2.24, 2.45) is 0 Å². The SMILES string of the molecule is Cc1csc(C2CCN(C(=O)c3cn[nH]c3C3CCOCC3)C2)n1. The van der Waals surface area contributed by atoms with Gasteiger partial charge < -0.3 is 9.64 Å². The van der Waals surface area contributed by atoms with Crippen molar-refractivity contribution in [2.75, 3.05) is 26.3 Å². The van der Waals surface area contributed by atoms with E-state index in [1.54, 1.807) is 17.5 Å². The molecule has 2 fully saturated rings. The Kier molecular flexibility index (Phi) is 4.37. The van der Waals surface area contributed by atoms with E-state index < -0.39 is 0 Å². The van der Waals surface area contributed by atoms with E-state index in [2.05, 4.69) is 20.6 Å². The summed E-state index contributed by atoms with van der Waals surface area (Å²) in [5, 5.41) is 10.4. The molecule has 0 bridgehead atoms. The number of thiazole rings is 1. The van der Waals surface area contributed by atoms with E-state index in [9.17, 15) is 4.79 Å². The molecule has 1 unspecified atom stereocenters. The maximum Gasteiger partial charge on any atom is 0.257 e. The molecule has 1 atom stereocenters. The third kappa shape index (κ3) is 2.98. The van der Waals surface area contributed by atoms with Crippen LogP contribution in [-0.2, 0) is 4.74 Å². The van der Waals surface area contributed by atoms with E-state index in [4.69, 9.17) is 4.74 Å². The fourth-order valence-corrected chi connectivity index (χ4v) is 4.57. The van der Waals surface area contributed by atoms with Crippen molar-refractivity contribution in [3.05, 3.63) is 33.5 Å². The van der Waals surface area contributed by atoms with Gasteiger partial charge in [-0.05, 0) is 26.2 Å². The highest BCUT2D eigenvalue weighted by Crippen LogP contribution is 2.32. The molecule has 24 heavy (non-hydrogen) atoms. The van der Waals surface area contributed by atoms with E-state index in [-0.39, 0.29) is 5.91 Å². The molecule has 2 aromatic rings. The molecule has 6 nitrogen and oxygen atoms in total. The van der Waals surface area contributed by atoms with Crippen LogP contribution >= 0.6 is 11.3 Å². The third-order valence-electron chi connectivity index (χ3n) is 4.99. The molecule has 2 aliphatic rings. The summed E-state index contributed by atoms with van der Waals surface area (Å²) in [5.41, 5.74) is 2.78. The van der Waals surface area contributed by atoms with E-state index in [0.717, 1.165) is 67.5 Å². The molecule has 2 aliphatic heterocycles. The van der Waals surface area contributed by atoms with Crippen LogP contribution in [0.4, 0.5) is 0 Å². The van der Waals surface area contributed by atoms with Crippen molar-refractivity contribution in [1.82, 2.24) is 20.1 Å². The average Bonchev–Trinajstić information content (AvgIpc) is 3.35. The van der Waals surface area contributed by atoms with Crippen LogP contribution in [0.2, 0.25) is 0 Å². The Balaban J connectivity index is 1.48. The van der Waals surface area contributed by atoms with Gasteiger partial charge in [-0.3, -0.25) is 9.89 Å². The number of rotatable bonds is 3. The van der Waals surface area contributed by atoms with Crippen LogP contribution in [0.5, 0.6) is 0 Å². The molecule has 0 radical (unpaired) electrons. The number of nitrogens with one attached hydrogen (secondary N) is 1. The van der Waals surface area contributed by atoms with Crippen LogP contribution in [0.1, 0.15) is 57.9 Å². The molecular weight excluding hydrogens is 324 g/mol. The summed E-state index contributed by atoms with van der Waals surface area (Å²) in [5.74, 6) is 0.812. The minimum absolute atomic E-state index is 0.0982. The molecular formula is C17H22N4O2S. The van der Waals surface area contributed by atoms with Crippen molar-refractivity contribution in [2.45, 2.75) is 38.0 Å². The van der Waals surface area contributed by atoms with Gasteiger partial charge in [0.2, 0.25) is 0 Å². The molecule has 4 rings (SSSR count). The van der Waals surface area contributed by atoms with Crippen LogP contribution < -0.4 is 0 Å². The molecule has 0 spiro atoms. The van der Waals surface area contributed by atoms with Crippen molar-refractivity contribution >= 4 is 17.2 Å². The monoisotopic (exact) mass is 346 g/mol. The average molecular weight is 346 g/mol. The second kappa shape index (κ2) is 6.64. The molecule has 1 N–H and O–H groups in total. The highest BCUT2D eigenvalue weighted by atomic mass is 32.1. The zero-order valence-corrected chi connectivity index (χ0v) is 14.6. The number of carbonyl (C=O) groups is 1. The second-order valence-electron chi connectivity index (χ2n) is 6.65. The van der Waals surface area contributed by atoms with Gasteiger partial charge >= 0.3 is 0 Å². The molecule has 0 aliphatic carbocycles. The lowest BCUT2D eigenvalue weighted by atomic mass is 9.93. The number of hydrogen-bond acceptors (Lipinski definition) is 5. The fourth-order valence-electron chi connectivity index (χ4n) is 3.64. The standard InChI is InChI=1S/C17H22N4O2S/c1-11-10-24-16(19-11)13-2-5-21(9-13)17(22)14-8-18-20-15(14)12-3-6-23-7-4-12/h8,10,12-13H,2-7,9H2,1H3,(H,18,20). The summed E-state index contributed by atoms with van der Waals surface area (Å²) in [6.07, 6.45) is 4.57. The molecule has 2 aromatic heterocycles. The predicted octanol–water partition coefficient (Wildman–Crippen LogP) is 2.70. The number of nitrogens with zero attached hydrogens (tertiary/aromatic N) is 3. The Morgan fingerprint density at radius 2 is 2.17 bits per heavy atom. The molecule has 4 heterocycles. The van der Waals surface area contributed by atoms with E-state index in [1.807, 2.05) is 11.8 Å². The van der Waals surface area contributed by atoms with Gasteiger partial charge in [-0.15, -0.1) is 11.3 Å². The smallest absolute Gasteiger partial charge is 0.257 e. The van der Waals surface area contributed by atoms with Gasteiger partial charge in [0.25, 0.3) is 5.91 Å². The highest BCUT2D eigenvalue weighted by molar-refractivity contribution is 7.09. The van der Waals surface area contributed by atoms with Crippen molar-refractivity contribution in [3.63, 3.8) is 0 Å². The quantitative estimate of drug-likeness (QED) is 0.927. The second-order valence-corrected chi connectivity index (χ2v) is 7.54. The molecule has 128 valence electrons. The zero-order valence-electron chi connectivity index (χ0n) is 13.8. The van der Waals surface area contributed by atoms with Crippen LogP contribution in [0.25, 0.3) is 0 Å². The Morgan fingerprint density at radius 1 is 1.33 bits per heavy atom. The van der Waals surface area contributed by atoms with Gasteiger partial charge in [0, 0.05) is 49.2 Å². The van der Waals surface area contributed by atoms with Crippen LogP contribution in [-0.4, -0.2) is 52.3 Å². The minimum atomic E-state index is 0.0982. The topological polar surface area (TPSA) is 71.1 Å². The van der Waals surface area contributed by atoms with Gasteiger partial charge in [0.05, 0.1) is 22.5 Å². The van der Waals surface area contributed by atoms with E-state index in [0.29, 0.717) is 11.8 Å². The molecule has 0 saturated carbocycles. The lowest BCUT2D eigenvalue weighted by molar-refractivity contribution is 0.0769. The first kappa shape index (κ1) is 15.8. The predicted molar refractivity (Wildman–Crippen MR) is 91.5 cm³/mol. The van der Waals surface area contributed by atoms with Crippen molar-refractivity contribution in [1.29, 1.82) is 0 Å². The number of H-pyrrole nitrogens is 1. The summed E-state index contributed by atoms with van der Waals surface area (Å²) in [6.45, 7) is 5.08. The first-order valence-corrected chi connectivity index (χ1v) is 9.42. The number of likely N-dealkylation sites (tertiary alicyclic amines) is 1. The lowest BCUT2D eigenvalue weighted by Crippen LogP contribution is -2.29. The highest BCUT2D eigenvalue weighted by Gasteiger charge is 2.32. The number of aromatic amines is 1. The van der Waals surface area contributed by atoms with Crippen LogP contribution in [0, 0.1) is 6.92 Å². The summed E-state index contributed by atoms with van der Waals surface area (Å²) in [7, 11) is 0. The van der Waals surface area contributed by atoms with Gasteiger partial charge in [-0.1, -0.05) is 0 Å². The first-order valence-electron chi connectivity index (χ1n) is 8.54. The van der Waals surface area contributed by atoms with Crippen molar-refractivity contribution < 1.29 is 9.53 Å². The zero-order chi connectivity index (χ0) is 16.5. The summed E-state index contributed by atoms with van der Waals surface area (Å²) >= 11 is 1.70. The number of aryl methyl sites for hydroxylation is 1. The largest absolute Gasteiger partial charge is 0.381 e. The van der Waals surface area contributed by atoms with Crippen molar-refractivity contribution in [3.8, 4) is 0 Å². The van der Waals surface area contributed by atoms with Gasteiger partial charge in [-0.2, -0.15) is 5.10 Å². The Labute approximate surface area is 145 Å². The Bertz CT molecular complexity index is 720.